The van der Waals surface area contributed by atoms with Crippen LogP contribution in [0.25, 0.3) is 0 Å². The van der Waals surface area contributed by atoms with Crippen molar-refractivity contribution in [3.05, 3.63) is 52.8 Å². The third-order valence-electron chi connectivity index (χ3n) is 2.79. The number of aromatic carboxylic acids is 1. The summed E-state index contributed by atoms with van der Waals surface area (Å²) in [5.41, 5.74) is 2.16. The van der Waals surface area contributed by atoms with E-state index in [2.05, 4.69) is 11.2 Å². The first-order valence-corrected chi connectivity index (χ1v) is 5.37. The molecule has 0 aliphatic rings. The van der Waals surface area contributed by atoms with E-state index in [4.69, 9.17) is 10.4 Å². The smallest absolute Gasteiger partial charge is 0.339 e. The molecule has 2 aromatic rings. The van der Waals surface area contributed by atoms with Gasteiger partial charge in [0.2, 0.25) is 0 Å². The summed E-state index contributed by atoms with van der Waals surface area (Å²) in [5.74, 6) is -0.993. The lowest BCUT2D eigenvalue weighted by atomic mass is 10.1. The summed E-state index contributed by atoms with van der Waals surface area (Å²) in [7, 11) is 0. The number of carbonyl (C=O) groups is 1. The standard InChI is InChI=1S/C13H11N3O2/c1-9-12(13(17)18)7-15-16(9)8-11-5-3-2-4-10(11)6-14/h2-5,7H,8H2,1H3,(H,17,18). The lowest BCUT2D eigenvalue weighted by Crippen LogP contribution is -2.07. The van der Waals surface area contributed by atoms with Crippen molar-refractivity contribution in [1.29, 1.82) is 5.26 Å². The number of rotatable bonds is 3. The average Bonchev–Trinajstić information content (AvgIpc) is 2.72. The van der Waals surface area contributed by atoms with Gasteiger partial charge < -0.3 is 5.11 Å². The zero-order chi connectivity index (χ0) is 13.1. The molecule has 0 aliphatic carbocycles. The van der Waals surface area contributed by atoms with Crippen LogP contribution in [0.15, 0.2) is 30.5 Å². The topological polar surface area (TPSA) is 78.9 Å². The molecule has 0 aliphatic heterocycles. The lowest BCUT2D eigenvalue weighted by Gasteiger charge is -2.06. The number of nitriles is 1. The van der Waals surface area contributed by atoms with E-state index in [0.29, 0.717) is 17.8 Å². The lowest BCUT2D eigenvalue weighted by molar-refractivity contribution is 0.0696. The van der Waals surface area contributed by atoms with Gasteiger partial charge in [-0.25, -0.2) is 4.79 Å². The van der Waals surface area contributed by atoms with E-state index >= 15 is 0 Å². The van der Waals surface area contributed by atoms with Crippen molar-refractivity contribution in [3.8, 4) is 6.07 Å². The summed E-state index contributed by atoms with van der Waals surface area (Å²) in [4.78, 5) is 10.9. The van der Waals surface area contributed by atoms with Crippen molar-refractivity contribution in [3.63, 3.8) is 0 Å². The van der Waals surface area contributed by atoms with Gasteiger partial charge in [0.15, 0.2) is 0 Å². The average molecular weight is 241 g/mol. The maximum absolute atomic E-state index is 10.9. The highest BCUT2D eigenvalue weighted by molar-refractivity contribution is 5.88. The minimum atomic E-state index is -0.993. The Balaban J connectivity index is 2.35. The van der Waals surface area contributed by atoms with E-state index in [1.54, 1.807) is 23.7 Å². The van der Waals surface area contributed by atoms with Crippen LogP contribution in [0.1, 0.15) is 27.2 Å². The van der Waals surface area contributed by atoms with Gasteiger partial charge in [0, 0.05) is 0 Å². The maximum atomic E-state index is 10.9. The minimum Gasteiger partial charge on any atom is -0.478 e. The van der Waals surface area contributed by atoms with Crippen LogP contribution >= 0.6 is 0 Å². The Bertz CT molecular complexity index is 638. The van der Waals surface area contributed by atoms with Gasteiger partial charge in [-0.2, -0.15) is 10.4 Å². The molecule has 0 saturated carbocycles. The highest BCUT2D eigenvalue weighted by Crippen LogP contribution is 2.13. The van der Waals surface area contributed by atoms with Crippen LogP contribution in [0, 0.1) is 18.3 Å². The molecule has 5 nitrogen and oxygen atoms in total. The van der Waals surface area contributed by atoms with E-state index < -0.39 is 5.97 Å². The third-order valence-corrected chi connectivity index (χ3v) is 2.79. The fraction of sp³-hybridized carbons (Fsp3) is 0.154. The molecule has 0 atom stereocenters. The van der Waals surface area contributed by atoms with E-state index in [1.165, 1.54) is 6.20 Å². The molecule has 1 heterocycles. The van der Waals surface area contributed by atoms with Crippen LogP contribution in [-0.4, -0.2) is 20.9 Å². The predicted octanol–water partition coefficient (Wildman–Crippen LogP) is 1.81. The predicted molar refractivity (Wildman–Crippen MR) is 64.2 cm³/mol. The first-order chi connectivity index (χ1) is 8.63. The molecular formula is C13H11N3O2. The number of hydrogen-bond donors (Lipinski definition) is 1. The van der Waals surface area contributed by atoms with Gasteiger partial charge in [-0.1, -0.05) is 18.2 Å². The molecule has 0 unspecified atom stereocenters. The van der Waals surface area contributed by atoms with Crippen molar-refractivity contribution in [2.45, 2.75) is 13.5 Å². The number of nitrogens with zero attached hydrogens (tertiary/aromatic N) is 3. The second kappa shape index (κ2) is 4.72. The molecule has 0 fully saturated rings. The van der Waals surface area contributed by atoms with Crippen molar-refractivity contribution < 1.29 is 9.90 Å². The molecule has 1 aromatic carbocycles. The van der Waals surface area contributed by atoms with Crippen LogP contribution in [0.3, 0.4) is 0 Å². The molecule has 0 saturated heterocycles. The quantitative estimate of drug-likeness (QED) is 0.888. The Hall–Kier alpha value is -2.61. The molecule has 2 rings (SSSR count). The Labute approximate surface area is 104 Å². The highest BCUT2D eigenvalue weighted by atomic mass is 16.4. The second-order valence-corrected chi connectivity index (χ2v) is 3.88. The molecule has 1 N–H and O–H groups in total. The molecule has 0 amide bonds. The van der Waals surface area contributed by atoms with Gasteiger partial charge in [0.1, 0.15) is 5.56 Å². The van der Waals surface area contributed by atoms with Crippen LogP contribution < -0.4 is 0 Å². The van der Waals surface area contributed by atoms with Crippen molar-refractivity contribution in [2.24, 2.45) is 0 Å². The van der Waals surface area contributed by atoms with Gasteiger partial charge in [-0.15, -0.1) is 0 Å². The van der Waals surface area contributed by atoms with Crippen LogP contribution in [0.2, 0.25) is 0 Å². The molecule has 5 heteroatoms. The first kappa shape index (κ1) is 11.9. The van der Waals surface area contributed by atoms with Crippen LogP contribution in [0.4, 0.5) is 0 Å². The summed E-state index contributed by atoms with van der Waals surface area (Å²) < 4.78 is 1.58. The fourth-order valence-corrected chi connectivity index (χ4v) is 1.74. The monoisotopic (exact) mass is 241 g/mol. The number of aromatic nitrogens is 2. The zero-order valence-electron chi connectivity index (χ0n) is 9.79. The minimum absolute atomic E-state index is 0.185. The van der Waals surface area contributed by atoms with E-state index in [0.717, 1.165) is 5.56 Å². The largest absolute Gasteiger partial charge is 0.478 e. The molecule has 18 heavy (non-hydrogen) atoms. The molecule has 90 valence electrons. The summed E-state index contributed by atoms with van der Waals surface area (Å²) in [5, 5.41) is 22.0. The normalized spacial score (nSPS) is 10.0. The zero-order valence-corrected chi connectivity index (χ0v) is 9.79. The fourth-order valence-electron chi connectivity index (χ4n) is 1.74. The second-order valence-electron chi connectivity index (χ2n) is 3.88. The van der Waals surface area contributed by atoms with E-state index in [1.807, 2.05) is 12.1 Å². The number of benzene rings is 1. The van der Waals surface area contributed by atoms with Gasteiger partial charge >= 0.3 is 5.97 Å². The summed E-state index contributed by atoms with van der Waals surface area (Å²) in [6.07, 6.45) is 1.33. The number of carboxylic acids is 1. The number of carboxylic acid groups (broad SMARTS) is 1. The maximum Gasteiger partial charge on any atom is 0.339 e. The first-order valence-electron chi connectivity index (χ1n) is 5.37. The van der Waals surface area contributed by atoms with E-state index in [9.17, 15) is 4.79 Å². The highest BCUT2D eigenvalue weighted by Gasteiger charge is 2.13. The van der Waals surface area contributed by atoms with Crippen molar-refractivity contribution >= 4 is 5.97 Å². The van der Waals surface area contributed by atoms with E-state index in [-0.39, 0.29) is 5.56 Å². The van der Waals surface area contributed by atoms with Gasteiger partial charge in [0.25, 0.3) is 0 Å². The number of hydrogen-bond acceptors (Lipinski definition) is 3. The van der Waals surface area contributed by atoms with Crippen LogP contribution in [-0.2, 0) is 6.54 Å². The Kier molecular flexibility index (Phi) is 3.11. The van der Waals surface area contributed by atoms with Crippen molar-refractivity contribution in [2.75, 3.05) is 0 Å². The Morgan fingerprint density at radius 1 is 1.50 bits per heavy atom. The summed E-state index contributed by atoms with van der Waals surface area (Å²) in [6, 6.07) is 9.30. The van der Waals surface area contributed by atoms with Crippen molar-refractivity contribution in [1.82, 2.24) is 9.78 Å². The van der Waals surface area contributed by atoms with Crippen LogP contribution in [0.5, 0.6) is 0 Å². The summed E-state index contributed by atoms with van der Waals surface area (Å²) >= 11 is 0. The summed E-state index contributed by atoms with van der Waals surface area (Å²) in [6.45, 7) is 2.09. The Morgan fingerprint density at radius 2 is 2.22 bits per heavy atom. The van der Waals surface area contributed by atoms with Gasteiger partial charge in [-0.3, -0.25) is 4.68 Å². The molecule has 0 radical (unpaired) electrons. The van der Waals surface area contributed by atoms with Gasteiger partial charge in [0.05, 0.1) is 30.1 Å². The molecule has 1 aromatic heterocycles. The molecular weight excluding hydrogens is 230 g/mol. The molecule has 0 bridgehead atoms. The molecule has 0 spiro atoms. The third kappa shape index (κ3) is 2.09. The SMILES string of the molecule is Cc1c(C(=O)O)cnn1Cc1ccccc1C#N. The van der Waals surface area contributed by atoms with Gasteiger partial charge in [-0.05, 0) is 18.6 Å². The Morgan fingerprint density at radius 3 is 2.83 bits per heavy atom.